The third kappa shape index (κ3) is 3.57. The minimum absolute atomic E-state index is 0.192. The van der Waals surface area contributed by atoms with Gasteiger partial charge in [0.1, 0.15) is 0 Å². The van der Waals surface area contributed by atoms with E-state index in [1.807, 2.05) is 31.4 Å². The van der Waals surface area contributed by atoms with Crippen LogP contribution in [0.1, 0.15) is 24.7 Å². The molecule has 4 heterocycles. The predicted octanol–water partition coefficient (Wildman–Crippen LogP) is 1.78. The molecule has 0 unspecified atom stereocenters. The van der Waals surface area contributed by atoms with Crippen LogP contribution in [-0.2, 0) is 20.0 Å². The van der Waals surface area contributed by atoms with Gasteiger partial charge in [0.25, 0.3) is 5.56 Å². The molecule has 0 aliphatic heterocycles. The van der Waals surface area contributed by atoms with E-state index >= 15 is 0 Å². The summed E-state index contributed by atoms with van der Waals surface area (Å²) in [5.74, 6) is 0.811. The Labute approximate surface area is 155 Å². The van der Waals surface area contributed by atoms with Crippen molar-refractivity contribution in [3.63, 3.8) is 0 Å². The third-order valence-electron chi connectivity index (χ3n) is 4.16. The zero-order valence-electron chi connectivity index (χ0n) is 15.2. The topological polar surface area (TPSA) is 106 Å². The summed E-state index contributed by atoms with van der Waals surface area (Å²) in [6.45, 7) is 2.50. The smallest absolute Gasteiger partial charge is 0.275 e. The van der Waals surface area contributed by atoms with Gasteiger partial charge in [-0.3, -0.25) is 14.5 Å². The minimum atomic E-state index is -0.192. The van der Waals surface area contributed by atoms with Gasteiger partial charge in [0.05, 0.1) is 17.9 Å². The molecule has 0 radical (unpaired) electrons. The van der Waals surface area contributed by atoms with Gasteiger partial charge in [0.15, 0.2) is 0 Å². The number of nitrogens with one attached hydrogen (secondary N) is 2. The average molecular weight is 364 g/mol. The Balaban J connectivity index is 1.53. The molecule has 4 rings (SSSR count). The van der Waals surface area contributed by atoms with Crippen LogP contribution in [0.15, 0.2) is 41.5 Å². The van der Waals surface area contributed by atoms with Crippen molar-refractivity contribution < 1.29 is 0 Å². The molecule has 0 atom stereocenters. The van der Waals surface area contributed by atoms with Crippen molar-refractivity contribution in [1.29, 1.82) is 0 Å². The first-order valence-electron chi connectivity index (χ1n) is 8.80. The number of aromatic amines is 1. The normalized spacial score (nSPS) is 11.2. The van der Waals surface area contributed by atoms with Crippen LogP contribution in [0, 0.1) is 0 Å². The van der Waals surface area contributed by atoms with E-state index in [0.717, 1.165) is 35.5 Å². The number of pyridine rings is 1. The van der Waals surface area contributed by atoms with E-state index in [1.165, 1.54) is 4.52 Å². The SMILES string of the molecule is CCCc1cc(=O)n2nc(NCc3cc(-c4ccn(C)n4)ccn3)nc2[nH]1. The van der Waals surface area contributed by atoms with Gasteiger partial charge in [-0.15, -0.1) is 5.10 Å². The number of aryl methyl sites for hydroxylation is 2. The quantitative estimate of drug-likeness (QED) is 0.540. The lowest BCUT2D eigenvalue weighted by Gasteiger charge is -2.03. The molecular formula is C18H20N8O. The van der Waals surface area contributed by atoms with Crippen LogP contribution in [0.5, 0.6) is 0 Å². The number of rotatable bonds is 6. The molecule has 138 valence electrons. The van der Waals surface area contributed by atoms with Crippen LogP contribution in [0.2, 0.25) is 0 Å². The number of hydrogen-bond donors (Lipinski definition) is 2. The van der Waals surface area contributed by atoms with E-state index in [9.17, 15) is 4.79 Å². The molecule has 0 saturated carbocycles. The summed E-state index contributed by atoms with van der Waals surface area (Å²) < 4.78 is 3.03. The summed E-state index contributed by atoms with van der Waals surface area (Å²) in [6.07, 6.45) is 5.39. The highest BCUT2D eigenvalue weighted by molar-refractivity contribution is 5.58. The highest BCUT2D eigenvalue weighted by Crippen LogP contribution is 2.17. The molecule has 4 aromatic heterocycles. The van der Waals surface area contributed by atoms with Crippen molar-refractivity contribution in [1.82, 2.24) is 34.3 Å². The highest BCUT2D eigenvalue weighted by Gasteiger charge is 2.09. The van der Waals surface area contributed by atoms with Crippen LogP contribution < -0.4 is 10.9 Å². The van der Waals surface area contributed by atoms with Crippen molar-refractivity contribution in [3.05, 3.63) is 58.4 Å². The van der Waals surface area contributed by atoms with E-state index in [0.29, 0.717) is 18.3 Å². The molecule has 0 aliphatic rings. The van der Waals surface area contributed by atoms with E-state index in [1.54, 1.807) is 16.9 Å². The average Bonchev–Trinajstić information content (AvgIpc) is 3.27. The molecule has 0 spiro atoms. The second-order valence-electron chi connectivity index (χ2n) is 6.32. The van der Waals surface area contributed by atoms with Gasteiger partial charge in [-0.05, 0) is 24.6 Å². The Hall–Kier alpha value is -3.49. The van der Waals surface area contributed by atoms with E-state index in [2.05, 4.69) is 37.4 Å². The van der Waals surface area contributed by atoms with Crippen molar-refractivity contribution in [2.24, 2.45) is 7.05 Å². The molecule has 0 fully saturated rings. The third-order valence-corrected chi connectivity index (χ3v) is 4.16. The first kappa shape index (κ1) is 17.0. The van der Waals surface area contributed by atoms with Gasteiger partial charge in [-0.1, -0.05) is 13.3 Å². The minimum Gasteiger partial charge on any atom is -0.347 e. The largest absolute Gasteiger partial charge is 0.347 e. The van der Waals surface area contributed by atoms with Crippen molar-refractivity contribution in [3.8, 4) is 11.3 Å². The summed E-state index contributed by atoms with van der Waals surface area (Å²) in [5, 5.41) is 11.7. The van der Waals surface area contributed by atoms with Crippen LogP contribution in [0.4, 0.5) is 5.95 Å². The number of fused-ring (bicyclic) bond motifs is 1. The molecule has 0 bridgehead atoms. The summed E-state index contributed by atoms with van der Waals surface area (Å²) >= 11 is 0. The van der Waals surface area contributed by atoms with Crippen LogP contribution in [-0.4, -0.2) is 34.3 Å². The molecule has 2 N–H and O–H groups in total. The fourth-order valence-corrected chi connectivity index (χ4v) is 2.89. The number of aromatic nitrogens is 7. The maximum absolute atomic E-state index is 12.2. The van der Waals surface area contributed by atoms with Crippen LogP contribution >= 0.6 is 0 Å². The molecule has 0 amide bonds. The fraction of sp³-hybridized carbons (Fsp3) is 0.278. The molecule has 0 aromatic carbocycles. The zero-order chi connectivity index (χ0) is 18.8. The molecular weight excluding hydrogens is 344 g/mol. The van der Waals surface area contributed by atoms with E-state index in [4.69, 9.17) is 0 Å². The molecule has 9 heteroatoms. The number of anilines is 1. The van der Waals surface area contributed by atoms with Gasteiger partial charge in [-0.25, -0.2) is 0 Å². The Bertz CT molecular complexity index is 1140. The summed E-state index contributed by atoms with van der Waals surface area (Å²) in [6, 6.07) is 7.40. The van der Waals surface area contributed by atoms with Crippen LogP contribution in [0.3, 0.4) is 0 Å². The first-order valence-corrected chi connectivity index (χ1v) is 8.80. The standard InChI is InChI=1S/C18H20N8O/c1-3-4-13-10-16(27)26-18(21-13)22-17(24-26)20-11-14-9-12(5-7-19-14)15-6-8-25(2)23-15/h5-10H,3-4,11H2,1-2H3,(H2,20,21,22,24). The Morgan fingerprint density at radius 2 is 2.11 bits per heavy atom. The number of H-pyrrole nitrogens is 1. The van der Waals surface area contributed by atoms with Gasteiger partial charge in [0.2, 0.25) is 11.7 Å². The van der Waals surface area contributed by atoms with Gasteiger partial charge in [-0.2, -0.15) is 14.6 Å². The lowest BCUT2D eigenvalue weighted by molar-refractivity contribution is 0.771. The van der Waals surface area contributed by atoms with E-state index in [-0.39, 0.29) is 5.56 Å². The second kappa shape index (κ2) is 7.02. The molecule has 0 saturated heterocycles. The molecule has 0 aliphatic carbocycles. The zero-order valence-corrected chi connectivity index (χ0v) is 15.2. The number of nitrogens with zero attached hydrogens (tertiary/aromatic N) is 6. The summed E-state index contributed by atoms with van der Waals surface area (Å²) in [4.78, 5) is 24.0. The maximum atomic E-state index is 12.2. The van der Waals surface area contributed by atoms with Crippen molar-refractivity contribution >= 4 is 11.7 Å². The first-order chi connectivity index (χ1) is 13.1. The van der Waals surface area contributed by atoms with Crippen molar-refractivity contribution in [2.45, 2.75) is 26.3 Å². The van der Waals surface area contributed by atoms with Gasteiger partial charge in [0, 0.05) is 36.8 Å². The fourth-order valence-electron chi connectivity index (χ4n) is 2.89. The summed E-state index contributed by atoms with van der Waals surface area (Å²) in [7, 11) is 1.88. The molecule has 4 aromatic rings. The van der Waals surface area contributed by atoms with Gasteiger partial charge >= 0.3 is 0 Å². The second-order valence-corrected chi connectivity index (χ2v) is 6.32. The number of hydrogen-bond acceptors (Lipinski definition) is 6. The Morgan fingerprint density at radius 1 is 1.22 bits per heavy atom. The van der Waals surface area contributed by atoms with E-state index < -0.39 is 0 Å². The van der Waals surface area contributed by atoms with Gasteiger partial charge < -0.3 is 10.3 Å². The highest BCUT2D eigenvalue weighted by atomic mass is 16.1. The van der Waals surface area contributed by atoms with Crippen molar-refractivity contribution in [2.75, 3.05) is 5.32 Å². The molecule has 9 nitrogen and oxygen atoms in total. The Kier molecular flexibility index (Phi) is 4.41. The monoisotopic (exact) mass is 364 g/mol. The van der Waals surface area contributed by atoms with Crippen LogP contribution in [0.25, 0.3) is 17.0 Å². The summed E-state index contributed by atoms with van der Waals surface area (Å²) in [5.41, 5.74) is 3.38. The maximum Gasteiger partial charge on any atom is 0.275 e. The Morgan fingerprint density at radius 3 is 2.89 bits per heavy atom. The lowest BCUT2D eigenvalue weighted by Crippen LogP contribution is -2.15. The lowest BCUT2D eigenvalue weighted by atomic mass is 10.2. The molecule has 27 heavy (non-hydrogen) atoms. The predicted molar refractivity (Wildman–Crippen MR) is 101 cm³/mol.